The maximum atomic E-state index is 15.7. The van der Waals surface area contributed by atoms with Gasteiger partial charge in [0.2, 0.25) is 0 Å². The standard InChI is InChI=1S/C38H44O9/c1-32(2)25(28(40)38-18-16-36(8,31(43)47-38)34(38,5)6)24(27(39)37-17-15-35(7,30(42)46-37)33(37,3)4)23-22(45-32)14-13-20-19-11-9-10-12-21(19)29(41)44-26(20)23/h13-14,24-25H,9-12,15-18H2,1-8H3/t24-,25-,35-,36-,37+,38+/m0/s1. The van der Waals surface area contributed by atoms with Gasteiger partial charge in [-0.25, -0.2) is 4.79 Å². The van der Waals surface area contributed by atoms with Gasteiger partial charge < -0.3 is 18.6 Å². The zero-order chi connectivity index (χ0) is 33.9. The van der Waals surface area contributed by atoms with Crippen LogP contribution >= 0.6 is 0 Å². The quantitative estimate of drug-likeness (QED) is 0.294. The third kappa shape index (κ3) is 3.21. The highest BCUT2D eigenvalue weighted by atomic mass is 16.6. The number of ketones is 2. The molecule has 6 aliphatic rings. The molecule has 0 spiro atoms. The van der Waals surface area contributed by atoms with Gasteiger partial charge in [-0.05, 0) is 96.8 Å². The minimum absolute atomic E-state index is 0.232. The summed E-state index contributed by atoms with van der Waals surface area (Å²) in [5.41, 5.74) is -6.11. The second kappa shape index (κ2) is 8.75. The molecule has 9 nitrogen and oxygen atoms in total. The number of Topliss-reactive ketones (excluding diaryl/α,β-unsaturated/α-hetero) is 2. The van der Waals surface area contributed by atoms with Crippen molar-refractivity contribution in [3.8, 4) is 5.75 Å². The van der Waals surface area contributed by atoms with Crippen LogP contribution in [-0.2, 0) is 41.5 Å². The molecule has 0 unspecified atom stereocenters. The Balaban J connectivity index is 1.41. The molecule has 4 heterocycles. The Morgan fingerprint density at radius 3 is 1.72 bits per heavy atom. The van der Waals surface area contributed by atoms with Crippen molar-refractivity contribution in [1.82, 2.24) is 0 Å². The molecule has 2 aromatic rings. The van der Waals surface area contributed by atoms with Gasteiger partial charge in [-0.3, -0.25) is 19.2 Å². The van der Waals surface area contributed by atoms with Crippen molar-refractivity contribution < 1.29 is 37.8 Å². The summed E-state index contributed by atoms with van der Waals surface area (Å²) in [5.74, 6) is -3.65. The number of carbonyl (C=O) groups is 4. The first-order chi connectivity index (χ1) is 21.8. The molecule has 4 bridgehead atoms. The van der Waals surface area contributed by atoms with Crippen LogP contribution in [0.25, 0.3) is 11.0 Å². The smallest absolute Gasteiger partial charge is 0.339 e. The highest BCUT2D eigenvalue weighted by Gasteiger charge is 2.80. The van der Waals surface area contributed by atoms with Gasteiger partial charge >= 0.3 is 17.6 Å². The SMILES string of the molecule is CC1(C)Oc2ccc3c4c(c(=O)oc3c2[C@H](C(=O)[C@@]23CC[C@@](C)(C(=O)O2)C3(C)C)[C@H]1C(=O)[C@@]12CC[C@@](C)(C(=O)O1)C2(C)C)CCCC4. The van der Waals surface area contributed by atoms with Gasteiger partial charge in [-0.15, -0.1) is 0 Å². The lowest BCUT2D eigenvalue weighted by molar-refractivity contribution is -0.177. The summed E-state index contributed by atoms with van der Waals surface area (Å²) >= 11 is 0. The van der Waals surface area contributed by atoms with E-state index in [0.717, 1.165) is 23.8 Å². The normalized spacial score (nSPS) is 38.4. The van der Waals surface area contributed by atoms with Crippen LogP contribution in [-0.4, -0.2) is 40.3 Å². The fourth-order valence-corrected chi connectivity index (χ4v) is 10.6. The van der Waals surface area contributed by atoms with Crippen molar-refractivity contribution in [3.05, 3.63) is 39.2 Å². The van der Waals surface area contributed by atoms with E-state index in [-0.39, 0.29) is 11.4 Å². The second-order valence-electron chi connectivity index (χ2n) is 17.1. The highest BCUT2D eigenvalue weighted by Crippen LogP contribution is 2.70. The predicted molar refractivity (Wildman–Crippen MR) is 170 cm³/mol. The minimum atomic E-state index is -1.52. The largest absolute Gasteiger partial charge is 0.487 e. The maximum absolute atomic E-state index is 15.7. The van der Waals surface area contributed by atoms with Crippen molar-refractivity contribution in [2.45, 2.75) is 129 Å². The van der Waals surface area contributed by atoms with E-state index in [1.807, 2.05) is 53.7 Å². The average molecular weight is 645 g/mol. The van der Waals surface area contributed by atoms with Crippen molar-refractivity contribution in [2.75, 3.05) is 0 Å². The third-order valence-corrected chi connectivity index (χ3v) is 14.7. The van der Waals surface area contributed by atoms with Crippen LogP contribution in [0.15, 0.2) is 21.3 Å². The van der Waals surface area contributed by atoms with E-state index in [9.17, 15) is 14.4 Å². The molecular formula is C38H44O9. The molecule has 2 saturated heterocycles. The van der Waals surface area contributed by atoms with Crippen molar-refractivity contribution in [1.29, 1.82) is 0 Å². The Morgan fingerprint density at radius 2 is 1.21 bits per heavy atom. The molecule has 8 rings (SSSR count). The number of hydrogen-bond acceptors (Lipinski definition) is 9. The zero-order valence-electron chi connectivity index (χ0n) is 28.6. The Kier molecular flexibility index (Phi) is 5.74. The van der Waals surface area contributed by atoms with Crippen LogP contribution in [0.3, 0.4) is 0 Å². The Morgan fingerprint density at radius 1 is 0.681 bits per heavy atom. The third-order valence-electron chi connectivity index (χ3n) is 14.7. The summed E-state index contributed by atoms with van der Waals surface area (Å²) in [6.07, 6.45) is 4.70. The van der Waals surface area contributed by atoms with Crippen LogP contribution in [0.1, 0.15) is 117 Å². The lowest BCUT2D eigenvalue weighted by Gasteiger charge is -2.49. The Labute approximate surface area is 274 Å². The Hall–Kier alpha value is -3.49. The molecular weight excluding hydrogens is 600 g/mol. The first kappa shape index (κ1) is 30.8. The summed E-state index contributed by atoms with van der Waals surface area (Å²) in [5, 5.41) is 0.723. The summed E-state index contributed by atoms with van der Waals surface area (Å²) < 4.78 is 25.1. The number of aryl methyl sites for hydroxylation is 1. The molecule has 3 aliphatic heterocycles. The lowest BCUT2D eigenvalue weighted by atomic mass is 9.57. The van der Waals surface area contributed by atoms with Crippen LogP contribution in [0.2, 0.25) is 0 Å². The van der Waals surface area contributed by atoms with Gasteiger partial charge in [0.05, 0.1) is 22.7 Å². The van der Waals surface area contributed by atoms with Crippen molar-refractivity contribution >= 4 is 34.5 Å². The number of hydrogen-bond donors (Lipinski definition) is 0. The lowest BCUT2D eigenvalue weighted by Crippen LogP contribution is -2.62. The van der Waals surface area contributed by atoms with Gasteiger partial charge in [-0.1, -0.05) is 27.7 Å². The van der Waals surface area contributed by atoms with E-state index in [2.05, 4.69) is 0 Å². The first-order valence-electron chi connectivity index (χ1n) is 17.2. The van der Waals surface area contributed by atoms with E-state index in [0.29, 0.717) is 55.4 Å². The second-order valence-corrected chi connectivity index (χ2v) is 17.1. The molecule has 9 heteroatoms. The van der Waals surface area contributed by atoms with Crippen LogP contribution < -0.4 is 10.4 Å². The summed E-state index contributed by atoms with van der Waals surface area (Å²) in [6.45, 7) is 14.8. The predicted octanol–water partition coefficient (Wildman–Crippen LogP) is 5.92. The number of esters is 2. The summed E-state index contributed by atoms with van der Waals surface area (Å²) in [6, 6.07) is 3.69. The van der Waals surface area contributed by atoms with E-state index in [4.69, 9.17) is 18.6 Å². The fourth-order valence-electron chi connectivity index (χ4n) is 10.6. The fraction of sp³-hybridized carbons (Fsp3) is 0.658. The molecule has 3 aliphatic carbocycles. The van der Waals surface area contributed by atoms with Gasteiger partial charge in [0.25, 0.3) is 0 Å². The molecule has 0 amide bonds. The molecule has 250 valence electrons. The van der Waals surface area contributed by atoms with E-state index in [1.54, 1.807) is 13.8 Å². The molecule has 2 saturated carbocycles. The maximum Gasteiger partial charge on any atom is 0.339 e. The molecule has 1 aromatic heterocycles. The average Bonchev–Trinajstić information content (AvgIpc) is 3.47. The van der Waals surface area contributed by atoms with Crippen LogP contribution in [0.4, 0.5) is 0 Å². The monoisotopic (exact) mass is 644 g/mol. The zero-order valence-corrected chi connectivity index (χ0v) is 28.6. The van der Waals surface area contributed by atoms with E-state index < -0.39 is 73.6 Å². The van der Waals surface area contributed by atoms with Crippen molar-refractivity contribution in [3.63, 3.8) is 0 Å². The number of benzene rings is 1. The molecule has 0 radical (unpaired) electrons. The van der Waals surface area contributed by atoms with E-state index >= 15 is 9.59 Å². The van der Waals surface area contributed by atoms with E-state index in [1.165, 1.54) is 0 Å². The van der Waals surface area contributed by atoms with Gasteiger partial charge in [0.1, 0.15) is 16.9 Å². The first-order valence-corrected chi connectivity index (χ1v) is 17.2. The molecule has 6 atom stereocenters. The minimum Gasteiger partial charge on any atom is -0.487 e. The summed E-state index contributed by atoms with van der Waals surface area (Å²) in [7, 11) is 0. The van der Waals surface area contributed by atoms with Gasteiger partial charge in [-0.2, -0.15) is 0 Å². The number of ether oxygens (including phenoxy) is 3. The number of rotatable bonds is 4. The molecule has 0 N–H and O–H groups in total. The van der Waals surface area contributed by atoms with Crippen LogP contribution in [0.5, 0.6) is 5.75 Å². The number of fused-ring (bicyclic) bond motifs is 9. The number of carbonyl (C=O) groups excluding carboxylic acids is 4. The summed E-state index contributed by atoms with van der Waals surface area (Å²) in [4.78, 5) is 71.5. The molecule has 47 heavy (non-hydrogen) atoms. The molecule has 1 aromatic carbocycles. The highest BCUT2D eigenvalue weighted by molar-refractivity contribution is 6.09. The van der Waals surface area contributed by atoms with Gasteiger partial charge in [0.15, 0.2) is 22.8 Å². The Bertz CT molecular complexity index is 1910. The van der Waals surface area contributed by atoms with Gasteiger partial charge in [0, 0.05) is 27.3 Å². The van der Waals surface area contributed by atoms with Crippen LogP contribution in [0, 0.1) is 27.6 Å². The van der Waals surface area contributed by atoms with Crippen molar-refractivity contribution in [2.24, 2.45) is 27.6 Å². The molecule has 4 fully saturated rings. The topological polar surface area (TPSA) is 126 Å².